The highest BCUT2D eigenvalue weighted by atomic mass is 16.6. The van der Waals surface area contributed by atoms with E-state index in [0.29, 0.717) is 11.4 Å². The zero-order chi connectivity index (χ0) is 15.8. The molecule has 0 saturated carbocycles. The topological polar surface area (TPSA) is 93.7 Å². The van der Waals surface area contributed by atoms with Crippen molar-refractivity contribution >= 4 is 29.2 Å². The molecule has 0 unspecified atom stereocenters. The number of esters is 1. The summed E-state index contributed by atoms with van der Waals surface area (Å²) in [6.07, 6.45) is -0.928. The van der Waals surface area contributed by atoms with Crippen LogP contribution in [0.15, 0.2) is 24.3 Å². The van der Waals surface area contributed by atoms with Gasteiger partial charge >= 0.3 is 5.97 Å². The molecule has 7 heteroatoms. The summed E-state index contributed by atoms with van der Waals surface area (Å²) in [7, 11) is 1.36. The van der Waals surface area contributed by atoms with Crippen LogP contribution in [0.1, 0.15) is 13.8 Å². The van der Waals surface area contributed by atoms with E-state index in [-0.39, 0.29) is 12.5 Å². The van der Waals surface area contributed by atoms with Crippen molar-refractivity contribution < 1.29 is 23.9 Å². The van der Waals surface area contributed by atoms with E-state index >= 15 is 0 Å². The monoisotopic (exact) mass is 294 g/mol. The fraction of sp³-hybridized carbons (Fsp3) is 0.357. The highest BCUT2D eigenvalue weighted by Crippen LogP contribution is 2.14. The van der Waals surface area contributed by atoms with Crippen LogP contribution in [0.2, 0.25) is 0 Å². The predicted octanol–water partition coefficient (Wildman–Crippen LogP) is 1.16. The van der Waals surface area contributed by atoms with Gasteiger partial charge in [-0.2, -0.15) is 0 Å². The van der Waals surface area contributed by atoms with Crippen molar-refractivity contribution in [3.05, 3.63) is 24.3 Å². The Labute approximate surface area is 122 Å². The van der Waals surface area contributed by atoms with Crippen LogP contribution in [0, 0.1) is 0 Å². The summed E-state index contributed by atoms with van der Waals surface area (Å²) >= 11 is 0. The van der Waals surface area contributed by atoms with E-state index in [1.807, 2.05) is 0 Å². The molecule has 0 aliphatic rings. The molecular weight excluding hydrogens is 276 g/mol. The van der Waals surface area contributed by atoms with Crippen molar-refractivity contribution in [2.45, 2.75) is 20.0 Å². The average Bonchev–Trinajstić information content (AvgIpc) is 2.40. The summed E-state index contributed by atoms with van der Waals surface area (Å²) in [5.41, 5.74) is 1.16. The first-order valence-electron chi connectivity index (χ1n) is 6.29. The smallest absolute Gasteiger partial charge is 0.332 e. The maximum atomic E-state index is 11.8. The molecule has 0 aliphatic carbocycles. The number of rotatable bonds is 6. The Morgan fingerprint density at radius 1 is 1.10 bits per heavy atom. The molecule has 0 bridgehead atoms. The van der Waals surface area contributed by atoms with Gasteiger partial charge in [0.05, 0.1) is 0 Å². The molecule has 7 nitrogen and oxygen atoms in total. The van der Waals surface area contributed by atoms with E-state index in [1.165, 1.54) is 21.0 Å². The number of carbonyl (C=O) groups is 3. The lowest BCUT2D eigenvalue weighted by atomic mass is 10.2. The summed E-state index contributed by atoms with van der Waals surface area (Å²) < 4.78 is 9.47. The van der Waals surface area contributed by atoms with Crippen LogP contribution >= 0.6 is 0 Å². The predicted molar refractivity (Wildman–Crippen MR) is 76.8 cm³/mol. The van der Waals surface area contributed by atoms with Crippen molar-refractivity contribution in [3.8, 4) is 0 Å². The molecule has 1 aromatic rings. The fourth-order valence-electron chi connectivity index (χ4n) is 1.49. The molecule has 0 fully saturated rings. The molecule has 0 aliphatic heterocycles. The Morgan fingerprint density at radius 2 is 1.62 bits per heavy atom. The Balaban J connectivity index is 2.54. The van der Waals surface area contributed by atoms with Crippen molar-refractivity contribution in [1.82, 2.24) is 0 Å². The third-order valence-corrected chi connectivity index (χ3v) is 2.41. The highest BCUT2D eigenvalue weighted by molar-refractivity contribution is 5.95. The minimum Gasteiger partial charge on any atom is -0.451 e. The van der Waals surface area contributed by atoms with Gasteiger partial charge in [0.1, 0.15) is 6.61 Å². The number of anilines is 2. The van der Waals surface area contributed by atoms with Crippen LogP contribution in [-0.4, -0.2) is 37.6 Å². The number of benzene rings is 1. The Bertz CT molecular complexity index is 513. The lowest BCUT2D eigenvalue weighted by molar-refractivity contribution is -0.156. The van der Waals surface area contributed by atoms with Gasteiger partial charge in [0.15, 0.2) is 6.10 Å². The highest BCUT2D eigenvalue weighted by Gasteiger charge is 2.17. The molecule has 2 amide bonds. The van der Waals surface area contributed by atoms with Crippen LogP contribution in [0.25, 0.3) is 0 Å². The maximum absolute atomic E-state index is 11.8. The van der Waals surface area contributed by atoms with Crippen LogP contribution < -0.4 is 10.6 Å². The first-order chi connectivity index (χ1) is 9.92. The molecule has 1 rings (SSSR count). The molecule has 1 aromatic carbocycles. The maximum Gasteiger partial charge on any atom is 0.332 e. The van der Waals surface area contributed by atoms with E-state index in [4.69, 9.17) is 4.74 Å². The standard InChI is InChI=1S/C14H18N2O5/c1-9(21-13(18)8-20-3)14(19)16-12-6-4-11(5-7-12)15-10(2)17/h4-7,9H,8H2,1-3H3,(H,15,17)(H,16,19)/t9-/m1/s1. The van der Waals surface area contributed by atoms with E-state index < -0.39 is 18.0 Å². The number of hydrogen-bond acceptors (Lipinski definition) is 5. The van der Waals surface area contributed by atoms with Crippen LogP contribution in [-0.2, 0) is 23.9 Å². The summed E-state index contributed by atoms with van der Waals surface area (Å²) in [4.78, 5) is 33.9. The molecule has 1 atom stereocenters. The van der Waals surface area contributed by atoms with Gasteiger partial charge < -0.3 is 20.1 Å². The number of nitrogens with one attached hydrogen (secondary N) is 2. The van der Waals surface area contributed by atoms with Gasteiger partial charge in [0.25, 0.3) is 5.91 Å². The number of hydrogen-bond donors (Lipinski definition) is 2. The molecule has 0 aromatic heterocycles. The molecule has 0 heterocycles. The lowest BCUT2D eigenvalue weighted by Crippen LogP contribution is -2.31. The first-order valence-corrected chi connectivity index (χ1v) is 6.29. The third kappa shape index (κ3) is 6.05. The molecule has 0 radical (unpaired) electrons. The van der Waals surface area contributed by atoms with Crippen LogP contribution in [0.4, 0.5) is 11.4 Å². The zero-order valence-electron chi connectivity index (χ0n) is 12.1. The number of methoxy groups -OCH3 is 1. The minimum atomic E-state index is -0.928. The summed E-state index contributed by atoms with van der Waals surface area (Å²) in [5, 5.41) is 5.21. The minimum absolute atomic E-state index is 0.175. The molecular formula is C14H18N2O5. The van der Waals surface area contributed by atoms with E-state index in [1.54, 1.807) is 24.3 Å². The first kappa shape index (κ1) is 16.6. The SMILES string of the molecule is COCC(=O)O[C@H](C)C(=O)Nc1ccc(NC(C)=O)cc1. The van der Waals surface area contributed by atoms with Crippen molar-refractivity contribution in [3.63, 3.8) is 0 Å². The van der Waals surface area contributed by atoms with E-state index in [0.717, 1.165) is 0 Å². The van der Waals surface area contributed by atoms with Gasteiger partial charge in [-0.05, 0) is 31.2 Å². The molecule has 114 valence electrons. The summed E-state index contributed by atoms with van der Waals surface area (Å²) in [6.45, 7) is 2.67. The second-order valence-electron chi connectivity index (χ2n) is 4.31. The largest absolute Gasteiger partial charge is 0.451 e. The van der Waals surface area contributed by atoms with Crippen molar-refractivity contribution in [2.75, 3.05) is 24.4 Å². The summed E-state index contributed by atoms with van der Waals surface area (Å²) in [5.74, 6) is -1.24. The van der Waals surface area contributed by atoms with Crippen LogP contribution in [0.5, 0.6) is 0 Å². The summed E-state index contributed by atoms with van der Waals surface area (Å²) in [6, 6.07) is 6.57. The second-order valence-corrected chi connectivity index (χ2v) is 4.31. The van der Waals surface area contributed by atoms with Gasteiger partial charge in [0.2, 0.25) is 5.91 Å². The Morgan fingerprint density at radius 3 is 2.10 bits per heavy atom. The Kier molecular flexibility index (Phi) is 6.35. The number of carbonyl (C=O) groups excluding carboxylic acids is 3. The van der Waals surface area contributed by atoms with E-state index in [2.05, 4.69) is 15.4 Å². The Hall–Kier alpha value is -2.41. The molecule has 21 heavy (non-hydrogen) atoms. The van der Waals surface area contributed by atoms with Crippen LogP contribution in [0.3, 0.4) is 0 Å². The van der Waals surface area contributed by atoms with Gasteiger partial charge in [0, 0.05) is 25.4 Å². The number of amides is 2. The molecule has 0 saturated heterocycles. The van der Waals surface area contributed by atoms with Gasteiger partial charge in [-0.25, -0.2) is 4.79 Å². The molecule has 0 spiro atoms. The van der Waals surface area contributed by atoms with Crippen molar-refractivity contribution in [2.24, 2.45) is 0 Å². The fourth-order valence-corrected chi connectivity index (χ4v) is 1.49. The normalized spacial score (nSPS) is 11.4. The third-order valence-electron chi connectivity index (χ3n) is 2.41. The lowest BCUT2D eigenvalue weighted by Gasteiger charge is -2.13. The van der Waals surface area contributed by atoms with E-state index in [9.17, 15) is 14.4 Å². The van der Waals surface area contributed by atoms with Gasteiger partial charge in [-0.1, -0.05) is 0 Å². The molecule has 2 N–H and O–H groups in total. The van der Waals surface area contributed by atoms with Gasteiger partial charge in [-0.3, -0.25) is 9.59 Å². The van der Waals surface area contributed by atoms with Crippen molar-refractivity contribution in [1.29, 1.82) is 0 Å². The quantitative estimate of drug-likeness (QED) is 0.768. The number of ether oxygens (including phenoxy) is 2. The van der Waals surface area contributed by atoms with Gasteiger partial charge in [-0.15, -0.1) is 0 Å². The average molecular weight is 294 g/mol. The second kappa shape index (κ2) is 8.01. The zero-order valence-corrected chi connectivity index (χ0v) is 12.1.